The zero-order chi connectivity index (χ0) is 21.6. The Morgan fingerprint density at radius 1 is 1.17 bits per heavy atom. The first kappa shape index (κ1) is 20.2. The smallest absolute Gasteiger partial charge is 0.308 e. The summed E-state index contributed by atoms with van der Waals surface area (Å²) in [6.45, 7) is 0.955. The van der Waals surface area contributed by atoms with E-state index in [-0.39, 0.29) is 59.7 Å². The van der Waals surface area contributed by atoms with Gasteiger partial charge in [0.15, 0.2) is 6.61 Å². The topological polar surface area (TPSA) is 124 Å². The number of esters is 1. The van der Waals surface area contributed by atoms with E-state index in [1.807, 2.05) is 0 Å². The van der Waals surface area contributed by atoms with Gasteiger partial charge in [0.2, 0.25) is 17.6 Å². The molecule has 9 nitrogen and oxygen atoms in total. The molecule has 1 heterocycles. The van der Waals surface area contributed by atoms with Crippen molar-refractivity contribution in [2.45, 2.75) is 32.6 Å². The summed E-state index contributed by atoms with van der Waals surface area (Å²) in [5.41, 5.74) is 0.317. The molecule has 158 valence electrons. The Hall–Kier alpha value is -3.10. The number of imide groups is 1. The van der Waals surface area contributed by atoms with Crippen LogP contribution in [-0.2, 0) is 19.1 Å². The van der Waals surface area contributed by atoms with Crippen LogP contribution in [0.5, 0.6) is 0 Å². The van der Waals surface area contributed by atoms with Crippen LogP contribution in [-0.4, -0.2) is 46.5 Å². The number of amides is 2. The SMILES string of the molecule is Cc1ccc(C(=O)COC(=O)CCN2C(=O)[C@H]3[C@@H]4CC[C@@H](C4)[C@@H]3C2=O)cc1[N+](=O)[O-]. The third kappa shape index (κ3) is 3.38. The van der Waals surface area contributed by atoms with Gasteiger partial charge in [0.05, 0.1) is 23.2 Å². The summed E-state index contributed by atoms with van der Waals surface area (Å²) in [6.07, 6.45) is 2.73. The lowest BCUT2D eigenvalue weighted by atomic mass is 9.81. The van der Waals surface area contributed by atoms with E-state index >= 15 is 0 Å². The van der Waals surface area contributed by atoms with Crippen molar-refractivity contribution in [3.8, 4) is 0 Å². The lowest BCUT2D eigenvalue weighted by molar-refractivity contribution is -0.385. The number of ether oxygens (including phenoxy) is 1. The number of Topliss-reactive ketones (excluding diaryl/α,β-unsaturated/α-hetero) is 1. The monoisotopic (exact) mass is 414 g/mol. The third-order valence-corrected chi connectivity index (χ3v) is 6.65. The van der Waals surface area contributed by atoms with E-state index in [0.717, 1.165) is 25.3 Å². The zero-order valence-electron chi connectivity index (χ0n) is 16.5. The van der Waals surface area contributed by atoms with E-state index in [1.165, 1.54) is 17.0 Å². The van der Waals surface area contributed by atoms with E-state index < -0.39 is 23.3 Å². The van der Waals surface area contributed by atoms with Crippen LogP contribution in [0, 0.1) is 40.7 Å². The normalized spacial score (nSPS) is 26.8. The summed E-state index contributed by atoms with van der Waals surface area (Å²) < 4.78 is 4.96. The number of carbonyl (C=O) groups is 4. The quantitative estimate of drug-likeness (QED) is 0.220. The fourth-order valence-corrected chi connectivity index (χ4v) is 5.18. The summed E-state index contributed by atoms with van der Waals surface area (Å²) in [4.78, 5) is 61.0. The van der Waals surface area contributed by atoms with E-state index in [4.69, 9.17) is 4.74 Å². The minimum absolute atomic E-state index is 0.0485. The minimum atomic E-state index is -0.703. The standard InChI is InChI=1S/C21H22N2O7/c1-11-2-3-12(9-15(11)23(28)29)16(24)10-30-17(25)6-7-22-20(26)18-13-4-5-14(8-13)19(18)21(22)27/h2-3,9,13-14,18-19H,4-8,10H2,1H3/t13-,14+,18-,19-/m0/s1. The highest BCUT2D eigenvalue weighted by Crippen LogP contribution is 2.56. The molecule has 1 aliphatic heterocycles. The van der Waals surface area contributed by atoms with Crippen LogP contribution in [0.25, 0.3) is 0 Å². The Morgan fingerprint density at radius 2 is 1.80 bits per heavy atom. The van der Waals surface area contributed by atoms with Crippen LogP contribution in [0.2, 0.25) is 0 Å². The van der Waals surface area contributed by atoms with E-state index in [9.17, 15) is 29.3 Å². The first-order chi connectivity index (χ1) is 14.3. The second kappa shape index (κ2) is 7.62. The molecule has 2 aliphatic carbocycles. The highest BCUT2D eigenvalue weighted by molar-refractivity contribution is 6.06. The second-order valence-corrected chi connectivity index (χ2v) is 8.31. The van der Waals surface area contributed by atoms with E-state index in [0.29, 0.717) is 5.56 Å². The molecule has 1 aromatic carbocycles. The van der Waals surface area contributed by atoms with Crippen molar-refractivity contribution in [2.75, 3.05) is 13.2 Å². The van der Waals surface area contributed by atoms with Gasteiger partial charge in [-0.25, -0.2) is 0 Å². The number of aryl methyl sites for hydroxylation is 1. The Bertz CT molecular complexity index is 929. The van der Waals surface area contributed by atoms with Crippen molar-refractivity contribution in [3.05, 3.63) is 39.4 Å². The van der Waals surface area contributed by atoms with Gasteiger partial charge in [0, 0.05) is 23.7 Å². The van der Waals surface area contributed by atoms with Crippen LogP contribution in [0.3, 0.4) is 0 Å². The maximum atomic E-state index is 12.6. The molecule has 0 aromatic heterocycles. The van der Waals surface area contributed by atoms with Crippen LogP contribution >= 0.6 is 0 Å². The summed E-state index contributed by atoms with van der Waals surface area (Å²) in [5, 5.41) is 11.0. The van der Waals surface area contributed by atoms with Gasteiger partial charge in [-0.2, -0.15) is 0 Å². The molecule has 30 heavy (non-hydrogen) atoms. The van der Waals surface area contributed by atoms with Gasteiger partial charge in [0.25, 0.3) is 5.69 Å². The maximum absolute atomic E-state index is 12.6. The first-order valence-electron chi connectivity index (χ1n) is 10.1. The van der Waals surface area contributed by atoms with Gasteiger partial charge < -0.3 is 4.74 Å². The van der Waals surface area contributed by atoms with Crippen LogP contribution < -0.4 is 0 Å². The van der Waals surface area contributed by atoms with Crippen molar-refractivity contribution in [1.82, 2.24) is 4.90 Å². The van der Waals surface area contributed by atoms with Gasteiger partial charge >= 0.3 is 5.97 Å². The van der Waals surface area contributed by atoms with Gasteiger partial charge in [-0.05, 0) is 38.0 Å². The molecule has 0 N–H and O–H groups in total. The molecule has 3 fully saturated rings. The summed E-state index contributed by atoms with van der Waals surface area (Å²) in [5.74, 6) is -1.54. The van der Waals surface area contributed by atoms with Crippen molar-refractivity contribution in [2.24, 2.45) is 23.7 Å². The number of rotatable bonds is 7. The molecule has 1 aromatic rings. The molecule has 0 radical (unpaired) electrons. The highest BCUT2D eigenvalue weighted by atomic mass is 16.6. The Kier molecular flexibility index (Phi) is 5.13. The van der Waals surface area contributed by atoms with Gasteiger partial charge in [0.1, 0.15) is 0 Å². The number of nitro groups is 1. The second-order valence-electron chi connectivity index (χ2n) is 8.31. The average Bonchev–Trinajstić information content (AvgIpc) is 3.39. The number of nitrogens with zero attached hydrogens (tertiary/aromatic N) is 2. The number of likely N-dealkylation sites (tertiary alicyclic amines) is 1. The molecule has 1 saturated heterocycles. The van der Waals surface area contributed by atoms with Crippen molar-refractivity contribution in [3.63, 3.8) is 0 Å². The van der Waals surface area contributed by atoms with Crippen LogP contribution in [0.1, 0.15) is 41.6 Å². The molecular weight excluding hydrogens is 392 g/mol. The zero-order valence-corrected chi connectivity index (χ0v) is 16.5. The van der Waals surface area contributed by atoms with E-state index in [1.54, 1.807) is 6.92 Å². The number of carbonyl (C=O) groups excluding carboxylic acids is 4. The highest BCUT2D eigenvalue weighted by Gasteiger charge is 2.60. The lowest BCUT2D eigenvalue weighted by Gasteiger charge is -2.19. The summed E-state index contributed by atoms with van der Waals surface area (Å²) in [7, 11) is 0. The first-order valence-corrected chi connectivity index (χ1v) is 10.1. The molecular formula is C21H22N2O7. The molecule has 2 amide bonds. The number of fused-ring (bicyclic) bond motifs is 5. The fraction of sp³-hybridized carbons (Fsp3) is 0.524. The van der Waals surface area contributed by atoms with E-state index in [2.05, 4.69) is 0 Å². The summed E-state index contributed by atoms with van der Waals surface area (Å²) >= 11 is 0. The van der Waals surface area contributed by atoms with Crippen LogP contribution in [0.15, 0.2) is 18.2 Å². The molecule has 2 bridgehead atoms. The van der Waals surface area contributed by atoms with Crippen molar-refractivity contribution in [1.29, 1.82) is 0 Å². The van der Waals surface area contributed by atoms with Crippen LogP contribution in [0.4, 0.5) is 5.69 Å². The largest absolute Gasteiger partial charge is 0.457 e. The molecule has 0 spiro atoms. The molecule has 0 unspecified atom stereocenters. The summed E-state index contributed by atoms with van der Waals surface area (Å²) in [6, 6.07) is 4.05. The van der Waals surface area contributed by atoms with Gasteiger partial charge in [-0.15, -0.1) is 0 Å². The lowest BCUT2D eigenvalue weighted by Crippen LogP contribution is -2.35. The predicted molar refractivity (Wildman–Crippen MR) is 102 cm³/mol. The fourth-order valence-electron chi connectivity index (χ4n) is 5.18. The molecule has 3 aliphatic rings. The Balaban J connectivity index is 1.29. The minimum Gasteiger partial charge on any atom is -0.457 e. The molecule has 9 heteroatoms. The Morgan fingerprint density at radius 3 is 2.40 bits per heavy atom. The molecule has 4 atom stereocenters. The van der Waals surface area contributed by atoms with Gasteiger partial charge in [-0.1, -0.05) is 12.1 Å². The Labute approximate surface area is 172 Å². The molecule has 4 rings (SSSR count). The maximum Gasteiger partial charge on any atom is 0.308 e. The third-order valence-electron chi connectivity index (χ3n) is 6.65. The number of hydrogen-bond acceptors (Lipinski definition) is 7. The van der Waals surface area contributed by atoms with Crippen molar-refractivity contribution >= 4 is 29.3 Å². The number of benzene rings is 1. The van der Waals surface area contributed by atoms with Gasteiger partial charge in [-0.3, -0.25) is 34.2 Å². The van der Waals surface area contributed by atoms with Crippen molar-refractivity contribution < 1.29 is 28.8 Å². The number of hydrogen-bond donors (Lipinski definition) is 0. The number of ketones is 1. The predicted octanol–water partition coefficient (Wildman–Crippen LogP) is 2.05. The molecule has 2 saturated carbocycles. The number of nitro benzene ring substituents is 1. The average molecular weight is 414 g/mol.